The highest BCUT2D eigenvalue weighted by Gasteiger charge is 2.21. The summed E-state index contributed by atoms with van der Waals surface area (Å²) in [5.74, 6) is -0.470. The van der Waals surface area contributed by atoms with Gasteiger partial charge in [-0.1, -0.05) is 74.5 Å². The Balaban J connectivity index is 1.79. The molecule has 0 saturated carbocycles. The molecule has 4 heteroatoms. The van der Waals surface area contributed by atoms with Crippen molar-refractivity contribution in [1.29, 1.82) is 0 Å². The monoisotopic (exact) mass is 364 g/mol. The fraction of sp³-hybridized carbons (Fsp3) is 0.304. The van der Waals surface area contributed by atoms with E-state index in [-0.39, 0.29) is 17.2 Å². The van der Waals surface area contributed by atoms with Gasteiger partial charge < -0.3 is 10.6 Å². The number of rotatable bonds is 8. The van der Waals surface area contributed by atoms with Gasteiger partial charge in [0.1, 0.15) is 6.04 Å². The van der Waals surface area contributed by atoms with Crippen molar-refractivity contribution in [3.8, 4) is 0 Å². The molecule has 2 N–H and O–H groups in total. The number of hydrogen-bond acceptors (Lipinski definition) is 2. The molecule has 0 fully saturated rings. The van der Waals surface area contributed by atoms with Crippen LogP contribution in [0, 0.1) is 5.41 Å². The SMILES string of the molecule is CC(NC(=O)/C=C/c1ccccc1)C(=O)NCC(C)(C)Cc1ccccc1. The molecule has 0 heterocycles. The first kappa shape index (κ1) is 20.4. The van der Waals surface area contributed by atoms with Crippen LogP contribution in [0.2, 0.25) is 0 Å². The Morgan fingerprint density at radius 2 is 1.59 bits per heavy atom. The summed E-state index contributed by atoms with van der Waals surface area (Å²) in [6.07, 6.45) is 4.04. The van der Waals surface area contributed by atoms with Gasteiger partial charge >= 0.3 is 0 Å². The van der Waals surface area contributed by atoms with E-state index in [1.165, 1.54) is 11.6 Å². The summed E-state index contributed by atoms with van der Waals surface area (Å²) in [5, 5.41) is 5.64. The van der Waals surface area contributed by atoms with Crippen molar-refractivity contribution < 1.29 is 9.59 Å². The number of amides is 2. The van der Waals surface area contributed by atoms with Gasteiger partial charge in [0.25, 0.3) is 0 Å². The fourth-order valence-electron chi connectivity index (χ4n) is 2.75. The van der Waals surface area contributed by atoms with E-state index in [2.05, 4.69) is 36.6 Å². The lowest BCUT2D eigenvalue weighted by molar-refractivity contribution is -0.126. The first-order valence-electron chi connectivity index (χ1n) is 9.21. The van der Waals surface area contributed by atoms with Crippen LogP contribution >= 0.6 is 0 Å². The Labute approximate surface area is 161 Å². The summed E-state index contributed by atoms with van der Waals surface area (Å²) in [6, 6.07) is 19.2. The van der Waals surface area contributed by atoms with E-state index in [0.717, 1.165) is 12.0 Å². The molecule has 0 radical (unpaired) electrons. The topological polar surface area (TPSA) is 58.2 Å². The molecule has 2 rings (SSSR count). The lowest BCUT2D eigenvalue weighted by Crippen LogP contribution is -2.47. The summed E-state index contributed by atoms with van der Waals surface area (Å²) in [4.78, 5) is 24.3. The van der Waals surface area contributed by atoms with Crippen molar-refractivity contribution in [3.63, 3.8) is 0 Å². The van der Waals surface area contributed by atoms with Crippen molar-refractivity contribution >= 4 is 17.9 Å². The van der Waals surface area contributed by atoms with Crippen LogP contribution in [-0.4, -0.2) is 24.4 Å². The van der Waals surface area contributed by atoms with Crippen LogP contribution in [0.25, 0.3) is 6.08 Å². The van der Waals surface area contributed by atoms with E-state index in [1.807, 2.05) is 48.5 Å². The lowest BCUT2D eigenvalue weighted by Gasteiger charge is -2.26. The quantitative estimate of drug-likeness (QED) is 0.703. The van der Waals surface area contributed by atoms with Crippen LogP contribution in [0.15, 0.2) is 66.7 Å². The lowest BCUT2D eigenvalue weighted by atomic mass is 9.85. The summed E-state index contributed by atoms with van der Waals surface area (Å²) < 4.78 is 0. The van der Waals surface area contributed by atoms with Gasteiger partial charge in [-0.05, 0) is 36.0 Å². The first-order valence-corrected chi connectivity index (χ1v) is 9.21. The van der Waals surface area contributed by atoms with Crippen LogP contribution in [-0.2, 0) is 16.0 Å². The molecular weight excluding hydrogens is 336 g/mol. The van der Waals surface area contributed by atoms with Gasteiger partial charge in [-0.2, -0.15) is 0 Å². The van der Waals surface area contributed by atoms with Gasteiger partial charge in [0.15, 0.2) is 0 Å². The molecule has 1 atom stereocenters. The van der Waals surface area contributed by atoms with Crippen molar-refractivity contribution in [2.75, 3.05) is 6.54 Å². The maximum Gasteiger partial charge on any atom is 0.244 e. The minimum absolute atomic E-state index is 0.0754. The maximum atomic E-state index is 12.3. The molecule has 0 spiro atoms. The molecule has 142 valence electrons. The molecule has 1 unspecified atom stereocenters. The van der Waals surface area contributed by atoms with Crippen molar-refractivity contribution in [2.24, 2.45) is 5.41 Å². The molecule has 0 aliphatic rings. The van der Waals surface area contributed by atoms with Gasteiger partial charge in [-0.25, -0.2) is 0 Å². The summed E-state index contributed by atoms with van der Waals surface area (Å²) in [5.41, 5.74) is 2.10. The van der Waals surface area contributed by atoms with E-state index in [0.29, 0.717) is 6.54 Å². The summed E-state index contributed by atoms with van der Waals surface area (Å²) >= 11 is 0. The van der Waals surface area contributed by atoms with Crippen LogP contribution in [0.4, 0.5) is 0 Å². The number of carbonyl (C=O) groups excluding carboxylic acids is 2. The Kier molecular flexibility index (Phi) is 7.35. The third kappa shape index (κ3) is 7.48. The fourth-order valence-corrected chi connectivity index (χ4v) is 2.75. The van der Waals surface area contributed by atoms with Crippen LogP contribution in [0.1, 0.15) is 31.9 Å². The van der Waals surface area contributed by atoms with Crippen LogP contribution in [0.3, 0.4) is 0 Å². The van der Waals surface area contributed by atoms with Gasteiger partial charge in [0, 0.05) is 12.6 Å². The van der Waals surface area contributed by atoms with Crippen molar-refractivity contribution in [3.05, 3.63) is 77.9 Å². The minimum atomic E-state index is -0.592. The van der Waals surface area contributed by atoms with E-state index in [9.17, 15) is 9.59 Å². The second kappa shape index (κ2) is 9.72. The third-order valence-electron chi connectivity index (χ3n) is 4.25. The molecule has 0 aliphatic carbocycles. The molecule has 0 bridgehead atoms. The largest absolute Gasteiger partial charge is 0.354 e. The smallest absolute Gasteiger partial charge is 0.244 e. The van der Waals surface area contributed by atoms with E-state index >= 15 is 0 Å². The molecule has 2 aromatic carbocycles. The average molecular weight is 364 g/mol. The maximum absolute atomic E-state index is 12.3. The molecular formula is C23H28N2O2. The van der Waals surface area contributed by atoms with Crippen LogP contribution < -0.4 is 10.6 Å². The second-order valence-corrected chi connectivity index (χ2v) is 7.52. The zero-order valence-corrected chi connectivity index (χ0v) is 16.2. The Hall–Kier alpha value is -2.88. The zero-order chi connectivity index (χ0) is 19.7. The second-order valence-electron chi connectivity index (χ2n) is 7.52. The first-order chi connectivity index (χ1) is 12.9. The van der Waals surface area contributed by atoms with E-state index in [1.54, 1.807) is 13.0 Å². The van der Waals surface area contributed by atoms with Gasteiger partial charge in [-0.15, -0.1) is 0 Å². The minimum Gasteiger partial charge on any atom is -0.354 e. The zero-order valence-electron chi connectivity index (χ0n) is 16.2. The molecule has 0 saturated heterocycles. The molecule has 2 aromatic rings. The Morgan fingerprint density at radius 1 is 1.00 bits per heavy atom. The van der Waals surface area contributed by atoms with Crippen molar-refractivity contribution in [2.45, 2.75) is 33.2 Å². The average Bonchev–Trinajstić information content (AvgIpc) is 2.66. The predicted octanol–water partition coefficient (Wildman–Crippen LogP) is 3.59. The highest BCUT2D eigenvalue weighted by atomic mass is 16.2. The molecule has 27 heavy (non-hydrogen) atoms. The highest BCUT2D eigenvalue weighted by molar-refractivity contribution is 5.95. The summed E-state index contributed by atoms with van der Waals surface area (Å²) in [6.45, 7) is 6.47. The molecule has 4 nitrogen and oxygen atoms in total. The van der Waals surface area contributed by atoms with Crippen LogP contribution in [0.5, 0.6) is 0 Å². The van der Waals surface area contributed by atoms with Crippen molar-refractivity contribution in [1.82, 2.24) is 10.6 Å². The standard InChI is InChI=1S/C23H28N2O2/c1-18(25-21(26)15-14-19-10-6-4-7-11-19)22(27)24-17-23(2,3)16-20-12-8-5-9-13-20/h4-15,18H,16-17H2,1-3H3,(H,24,27)(H,25,26)/b15-14+. The van der Waals surface area contributed by atoms with E-state index < -0.39 is 6.04 Å². The number of benzene rings is 2. The summed E-state index contributed by atoms with van der Waals surface area (Å²) in [7, 11) is 0. The predicted molar refractivity (Wildman–Crippen MR) is 110 cm³/mol. The van der Waals surface area contributed by atoms with Gasteiger partial charge in [-0.3, -0.25) is 9.59 Å². The number of carbonyl (C=O) groups is 2. The number of hydrogen-bond donors (Lipinski definition) is 2. The van der Waals surface area contributed by atoms with Gasteiger partial charge in [0.05, 0.1) is 0 Å². The highest BCUT2D eigenvalue weighted by Crippen LogP contribution is 2.20. The Morgan fingerprint density at radius 3 is 2.22 bits per heavy atom. The third-order valence-corrected chi connectivity index (χ3v) is 4.25. The molecule has 0 aromatic heterocycles. The van der Waals surface area contributed by atoms with Gasteiger partial charge in [0.2, 0.25) is 11.8 Å². The Bertz CT molecular complexity index is 767. The normalized spacial score (nSPS) is 12.6. The van der Waals surface area contributed by atoms with E-state index in [4.69, 9.17) is 0 Å². The molecule has 2 amide bonds. The number of nitrogens with one attached hydrogen (secondary N) is 2. The molecule has 0 aliphatic heterocycles.